The zero-order chi connectivity index (χ0) is 21.9. The molecule has 12 heteroatoms. The van der Waals surface area contributed by atoms with Crippen LogP contribution in [0, 0.1) is 11.3 Å². The molecular formula is C16H31N7O5. The third-order valence-corrected chi connectivity index (χ3v) is 3.70. The number of carbonyl (C=O) groups excluding carboxylic acids is 3. The number of carboxylic acid groups (broad SMARTS) is 1. The van der Waals surface area contributed by atoms with Crippen molar-refractivity contribution >= 4 is 29.7 Å². The molecule has 3 amide bonds. The van der Waals surface area contributed by atoms with Crippen LogP contribution in [0.25, 0.3) is 0 Å². The van der Waals surface area contributed by atoms with E-state index in [4.69, 9.17) is 22.6 Å². The first-order chi connectivity index (χ1) is 12.9. The average Bonchev–Trinajstić information content (AvgIpc) is 2.55. The molecule has 0 aromatic rings. The van der Waals surface area contributed by atoms with Crippen molar-refractivity contribution in [2.45, 2.75) is 57.7 Å². The Morgan fingerprint density at radius 3 is 2.07 bits per heavy atom. The molecule has 0 aliphatic carbocycles. The number of amides is 3. The summed E-state index contributed by atoms with van der Waals surface area (Å²) in [5, 5.41) is 23.7. The van der Waals surface area contributed by atoms with Crippen LogP contribution in [-0.2, 0) is 19.2 Å². The van der Waals surface area contributed by atoms with Crippen molar-refractivity contribution < 1.29 is 24.3 Å². The predicted octanol–water partition coefficient (Wildman–Crippen LogP) is -2.45. The number of hydrogen-bond donors (Lipinski definition) is 8. The number of carbonyl (C=O) groups is 4. The van der Waals surface area contributed by atoms with Crippen LogP contribution in [0.4, 0.5) is 0 Å². The van der Waals surface area contributed by atoms with Crippen molar-refractivity contribution in [2.75, 3.05) is 6.54 Å². The quantitative estimate of drug-likeness (QED) is 0.0936. The van der Waals surface area contributed by atoms with E-state index in [1.165, 1.54) is 0 Å². The number of primary amides is 1. The first-order valence-electron chi connectivity index (χ1n) is 8.89. The molecular weight excluding hydrogens is 370 g/mol. The molecule has 0 fully saturated rings. The number of rotatable bonds is 13. The van der Waals surface area contributed by atoms with Crippen LogP contribution in [0.2, 0.25) is 0 Å². The van der Waals surface area contributed by atoms with Crippen LogP contribution in [-0.4, -0.2) is 59.4 Å². The van der Waals surface area contributed by atoms with E-state index in [0.29, 0.717) is 6.42 Å². The smallest absolute Gasteiger partial charge is 0.326 e. The van der Waals surface area contributed by atoms with Crippen LogP contribution in [0.15, 0.2) is 0 Å². The van der Waals surface area contributed by atoms with Crippen LogP contribution in [0.1, 0.15) is 39.5 Å². The summed E-state index contributed by atoms with van der Waals surface area (Å²) in [4.78, 5) is 46.9. The van der Waals surface area contributed by atoms with Gasteiger partial charge in [-0.2, -0.15) is 0 Å². The number of guanidine groups is 1. The molecule has 12 nitrogen and oxygen atoms in total. The SMILES string of the molecule is CC(C)C[C@H](NC(=O)[C@@H](N)CC(N)=O)C(=O)N[C@@H](CCCNC(=N)N)C(=O)O. The molecule has 160 valence electrons. The molecule has 0 aromatic carbocycles. The fourth-order valence-corrected chi connectivity index (χ4v) is 2.35. The standard InChI is InChI=1S/C16H31N7O5/c1-8(2)6-11(23-13(25)9(17)7-12(18)24)14(26)22-10(15(27)28)4-3-5-21-16(19)20/h8-11H,3-7,17H2,1-2H3,(H2,18,24)(H,22,26)(H,23,25)(H,27,28)(H4,19,20,21)/t9-,10-,11-/m0/s1. The third-order valence-electron chi connectivity index (χ3n) is 3.70. The van der Waals surface area contributed by atoms with Gasteiger partial charge < -0.3 is 38.3 Å². The molecule has 0 spiro atoms. The molecule has 0 aliphatic heterocycles. The highest BCUT2D eigenvalue weighted by atomic mass is 16.4. The molecule has 3 atom stereocenters. The van der Waals surface area contributed by atoms with E-state index in [-0.39, 0.29) is 37.7 Å². The summed E-state index contributed by atoms with van der Waals surface area (Å²) >= 11 is 0. The maximum atomic E-state index is 12.5. The number of nitrogens with one attached hydrogen (secondary N) is 4. The Labute approximate surface area is 163 Å². The van der Waals surface area contributed by atoms with Gasteiger partial charge in [0.2, 0.25) is 17.7 Å². The second-order valence-corrected chi connectivity index (χ2v) is 6.85. The summed E-state index contributed by atoms with van der Waals surface area (Å²) in [6.07, 6.45) is 0.328. The van der Waals surface area contributed by atoms with Crippen LogP contribution in [0.5, 0.6) is 0 Å². The van der Waals surface area contributed by atoms with Crippen molar-refractivity contribution in [3.05, 3.63) is 0 Å². The zero-order valence-electron chi connectivity index (χ0n) is 16.2. The van der Waals surface area contributed by atoms with Crippen LogP contribution in [0.3, 0.4) is 0 Å². The summed E-state index contributed by atoms with van der Waals surface area (Å²) in [6.45, 7) is 3.94. The minimum atomic E-state index is -1.23. The Hall–Kier alpha value is -2.89. The maximum absolute atomic E-state index is 12.5. The molecule has 0 aliphatic rings. The molecule has 0 saturated carbocycles. The lowest BCUT2D eigenvalue weighted by molar-refractivity contribution is -0.142. The number of aliphatic carboxylic acids is 1. The highest BCUT2D eigenvalue weighted by Gasteiger charge is 2.28. The second kappa shape index (κ2) is 12.5. The van der Waals surface area contributed by atoms with E-state index < -0.39 is 41.8 Å². The van der Waals surface area contributed by atoms with Gasteiger partial charge in [0.1, 0.15) is 12.1 Å². The summed E-state index contributed by atoms with van der Waals surface area (Å²) < 4.78 is 0. The summed E-state index contributed by atoms with van der Waals surface area (Å²) in [5.74, 6) is -3.58. The average molecular weight is 401 g/mol. The van der Waals surface area contributed by atoms with Gasteiger partial charge in [-0.05, 0) is 25.2 Å². The second-order valence-electron chi connectivity index (χ2n) is 6.85. The third kappa shape index (κ3) is 11.0. The molecule has 0 heterocycles. The summed E-state index contributed by atoms with van der Waals surface area (Å²) in [6, 6.07) is -3.39. The topological polar surface area (TPSA) is 227 Å². The molecule has 0 radical (unpaired) electrons. The maximum Gasteiger partial charge on any atom is 0.326 e. The van der Waals surface area contributed by atoms with Gasteiger partial charge in [-0.25, -0.2) is 4.79 Å². The Kier molecular flexibility index (Phi) is 11.2. The van der Waals surface area contributed by atoms with Crippen molar-refractivity contribution in [2.24, 2.45) is 23.1 Å². The van der Waals surface area contributed by atoms with Crippen LogP contribution < -0.4 is 33.2 Å². The fourth-order valence-electron chi connectivity index (χ4n) is 2.35. The van der Waals surface area contributed by atoms with E-state index in [1.54, 1.807) is 0 Å². The van der Waals surface area contributed by atoms with E-state index >= 15 is 0 Å². The molecule has 0 unspecified atom stereocenters. The van der Waals surface area contributed by atoms with Gasteiger partial charge in [-0.15, -0.1) is 0 Å². The monoisotopic (exact) mass is 401 g/mol. The van der Waals surface area contributed by atoms with Crippen molar-refractivity contribution in [3.63, 3.8) is 0 Å². The van der Waals surface area contributed by atoms with E-state index in [9.17, 15) is 24.3 Å². The first-order valence-corrected chi connectivity index (χ1v) is 8.89. The lowest BCUT2D eigenvalue weighted by atomic mass is 10.0. The van der Waals surface area contributed by atoms with Gasteiger partial charge in [-0.1, -0.05) is 13.8 Å². The van der Waals surface area contributed by atoms with E-state index in [2.05, 4.69) is 16.0 Å². The Morgan fingerprint density at radius 1 is 1.04 bits per heavy atom. The molecule has 28 heavy (non-hydrogen) atoms. The fraction of sp³-hybridized carbons (Fsp3) is 0.688. The van der Waals surface area contributed by atoms with Gasteiger partial charge >= 0.3 is 5.97 Å². The number of carboxylic acids is 1. The van der Waals surface area contributed by atoms with Crippen molar-refractivity contribution in [1.29, 1.82) is 5.41 Å². The molecule has 0 bridgehead atoms. The molecule has 0 rings (SSSR count). The Balaban J connectivity index is 4.95. The molecule has 11 N–H and O–H groups in total. The van der Waals surface area contributed by atoms with E-state index in [1.807, 2.05) is 13.8 Å². The Bertz CT molecular complexity index is 582. The minimum Gasteiger partial charge on any atom is -0.480 e. The largest absolute Gasteiger partial charge is 0.480 e. The first kappa shape index (κ1) is 25.1. The minimum absolute atomic E-state index is 0.0199. The zero-order valence-corrected chi connectivity index (χ0v) is 16.2. The summed E-state index contributed by atoms with van der Waals surface area (Å²) in [7, 11) is 0. The highest BCUT2D eigenvalue weighted by Crippen LogP contribution is 2.07. The molecule has 0 aromatic heterocycles. The van der Waals surface area contributed by atoms with Gasteiger partial charge in [0.05, 0.1) is 12.5 Å². The normalized spacial score (nSPS) is 13.9. The lowest BCUT2D eigenvalue weighted by Gasteiger charge is -2.24. The van der Waals surface area contributed by atoms with Gasteiger partial charge in [-0.3, -0.25) is 19.8 Å². The Morgan fingerprint density at radius 2 is 1.61 bits per heavy atom. The van der Waals surface area contributed by atoms with E-state index in [0.717, 1.165) is 0 Å². The van der Waals surface area contributed by atoms with Crippen molar-refractivity contribution in [3.8, 4) is 0 Å². The van der Waals surface area contributed by atoms with Gasteiger partial charge in [0, 0.05) is 6.54 Å². The van der Waals surface area contributed by atoms with Gasteiger partial charge in [0.25, 0.3) is 0 Å². The number of nitrogens with two attached hydrogens (primary N) is 3. The van der Waals surface area contributed by atoms with Crippen molar-refractivity contribution in [1.82, 2.24) is 16.0 Å². The number of hydrogen-bond acceptors (Lipinski definition) is 6. The lowest BCUT2D eigenvalue weighted by Crippen LogP contribution is -2.55. The summed E-state index contributed by atoms with van der Waals surface area (Å²) in [5.41, 5.74) is 15.7. The predicted molar refractivity (Wildman–Crippen MR) is 102 cm³/mol. The van der Waals surface area contributed by atoms with Crippen LogP contribution >= 0.6 is 0 Å². The molecule has 0 saturated heterocycles. The van der Waals surface area contributed by atoms with Gasteiger partial charge in [0.15, 0.2) is 5.96 Å². The highest BCUT2D eigenvalue weighted by molar-refractivity contribution is 5.93.